The van der Waals surface area contributed by atoms with Crippen molar-refractivity contribution in [3.05, 3.63) is 22.7 Å². The minimum Gasteiger partial charge on any atom is -0.399 e. The normalized spacial score (nSPS) is 16.9. The Morgan fingerprint density at radius 1 is 1.26 bits per heavy atom. The van der Waals surface area contributed by atoms with Gasteiger partial charge in [-0.15, -0.1) is 0 Å². The minimum absolute atomic E-state index is 0.0346. The number of hydrogen-bond acceptors (Lipinski definition) is 3. The Morgan fingerprint density at radius 3 is 2.58 bits per heavy atom. The van der Waals surface area contributed by atoms with Gasteiger partial charge in [-0.25, -0.2) is 0 Å². The third-order valence-corrected chi connectivity index (χ3v) is 3.99. The van der Waals surface area contributed by atoms with Crippen molar-refractivity contribution in [1.82, 2.24) is 4.90 Å². The lowest BCUT2D eigenvalue weighted by Gasteiger charge is -2.19. The molecule has 5 heteroatoms. The zero-order chi connectivity index (χ0) is 13.7. The summed E-state index contributed by atoms with van der Waals surface area (Å²) < 4.78 is 0.816. The topological polar surface area (TPSA) is 58.4 Å². The first-order valence-electron chi connectivity index (χ1n) is 6.72. The molecule has 0 bridgehead atoms. The quantitative estimate of drug-likeness (QED) is 0.840. The molecule has 1 saturated heterocycles. The van der Waals surface area contributed by atoms with Crippen LogP contribution in [0, 0.1) is 0 Å². The van der Waals surface area contributed by atoms with E-state index in [1.807, 2.05) is 6.07 Å². The number of nitrogens with zero attached hydrogens (tertiary/aromatic N) is 1. The maximum atomic E-state index is 12.0. The van der Waals surface area contributed by atoms with Gasteiger partial charge in [0.25, 0.3) is 0 Å². The number of carbonyl (C=O) groups excluding carboxylic acids is 1. The predicted molar refractivity (Wildman–Crippen MR) is 82.1 cm³/mol. The third kappa shape index (κ3) is 4.51. The van der Waals surface area contributed by atoms with Gasteiger partial charge in [0, 0.05) is 10.2 Å². The first-order valence-corrected chi connectivity index (χ1v) is 7.52. The van der Waals surface area contributed by atoms with Crippen LogP contribution in [0.3, 0.4) is 0 Å². The summed E-state index contributed by atoms with van der Waals surface area (Å²) in [4.78, 5) is 14.3. The Bertz CT molecular complexity index is 442. The zero-order valence-electron chi connectivity index (χ0n) is 11.0. The molecule has 1 heterocycles. The summed E-state index contributed by atoms with van der Waals surface area (Å²) in [6.07, 6.45) is 4.95. The van der Waals surface area contributed by atoms with Crippen molar-refractivity contribution in [2.75, 3.05) is 30.7 Å². The molecule has 2 rings (SSSR count). The number of hydrogen-bond donors (Lipinski definition) is 2. The molecule has 19 heavy (non-hydrogen) atoms. The van der Waals surface area contributed by atoms with Gasteiger partial charge in [-0.2, -0.15) is 0 Å². The van der Waals surface area contributed by atoms with E-state index in [-0.39, 0.29) is 5.91 Å². The summed E-state index contributed by atoms with van der Waals surface area (Å²) in [5.41, 5.74) is 7.12. The van der Waals surface area contributed by atoms with Crippen LogP contribution in [0.4, 0.5) is 11.4 Å². The average Bonchev–Trinajstić information content (AvgIpc) is 2.61. The van der Waals surface area contributed by atoms with E-state index in [1.165, 1.54) is 25.7 Å². The molecular weight excluding hydrogens is 306 g/mol. The number of anilines is 2. The SMILES string of the molecule is Nc1ccc(NC(=O)CN2CCCCCC2)c(Br)c1. The molecular formula is C14H20BrN3O. The zero-order valence-corrected chi connectivity index (χ0v) is 12.6. The summed E-state index contributed by atoms with van der Waals surface area (Å²) in [5, 5.41) is 2.92. The molecule has 0 aromatic heterocycles. The fourth-order valence-corrected chi connectivity index (χ4v) is 2.82. The summed E-state index contributed by atoms with van der Waals surface area (Å²) in [7, 11) is 0. The van der Waals surface area contributed by atoms with Crippen LogP contribution >= 0.6 is 15.9 Å². The lowest BCUT2D eigenvalue weighted by atomic mass is 10.2. The molecule has 1 fully saturated rings. The molecule has 1 aromatic carbocycles. The van der Waals surface area contributed by atoms with Crippen LogP contribution in [-0.2, 0) is 4.79 Å². The van der Waals surface area contributed by atoms with Gasteiger partial charge in [-0.05, 0) is 60.1 Å². The highest BCUT2D eigenvalue weighted by atomic mass is 79.9. The second kappa shape index (κ2) is 6.91. The molecule has 0 atom stereocenters. The number of likely N-dealkylation sites (tertiary alicyclic amines) is 1. The number of amides is 1. The molecule has 0 unspecified atom stereocenters. The van der Waals surface area contributed by atoms with Crippen LogP contribution in [-0.4, -0.2) is 30.4 Å². The Morgan fingerprint density at radius 2 is 1.95 bits per heavy atom. The number of nitrogens with one attached hydrogen (secondary N) is 1. The van der Waals surface area contributed by atoms with Gasteiger partial charge in [0.15, 0.2) is 0 Å². The van der Waals surface area contributed by atoms with Crippen LogP contribution in [0.5, 0.6) is 0 Å². The van der Waals surface area contributed by atoms with E-state index in [1.54, 1.807) is 12.1 Å². The molecule has 3 N–H and O–H groups in total. The first kappa shape index (κ1) is 14.3. The van der Waals surface area contributed by atoms with Crippen molar-refractivity contribution in [2.45, 2.75) is 25.7 Å². The fourth-order valence-electron chi connectivity index (χ4n) is 2.32. The summed E-state index contributed by atoms with van der Waals surface area (Å²) in [6.45, 7) is 2.52. The molecule has 1 aliphatic rings. The van der Waals surface area contributed by atoms with Crippen molar-refractivity contribution < 1.29 is 4.79 Å². The summed E-state index contributed by atoms with van der Waals surface area (Å²) in [5.74, 6) is 0.0346. The molecule has 4 nitrogen and oxygen atoms in total. The standard InChI is InChI=1S/C14H20BrN3O/c15-12-9-11(16)5-6-13(12)17-14(19)10-18-7-3-1-2-4-8-18/h5-6,9H,1-4,7-8,10,16H2,(H,17,19). The highest BCUT2D eigenvalue weighted by molar-refractivity contribution is 9.10. The smallest absolute Gasteiger partial charge is 0.238 e. The molecule has 104 valence electrons. The third-order valence-electron chi connectivity index (χ3n) is 3.33. The van der Waals surface area contributed by atoms with Crippen molar-refractivity contribution in [3.8, 4) is 0 Å². The van der Waals surface area contributed by atoms with E-state index < -0.39 is 0 Å². The van der Waals surface area contributed by atoms with E-state index in [9.17, 15) is 4.79 Å². The maximum Gasteiger partial charge on any atom is 0.238 e. The maximum absolute atomic E-state index is 12.0. The molecule has 0 aliphatic carbocycles. The van der Waals surface area contributed by atoms with Crippen LogP contribution in [0.1, 0.15) is 25.7 Å². The van der Waals surface area contributed by atoms with Crippen molar-refractivity contribution in [2.24, 2.45) is 0 Å². The van der Waals surface area contributed by atoms with Crippen LogP contribution in [0.15, 0.2) is 22.7 Å². The van der Waals surface area contributed by atoms with Crippen LogP contribution in [0.25, 0.3) is 0 Å². The first-order chi connectivity index (χ1) is 9.15. The lowest BCUT2D eigenvalue weighted by Crippen LogP contribution is -2.34. The van der Waals surface area contributed by atoms with Crippen molar-refractivity contribution in [1.29, 1.82) is 0 Å². The van der Waals surface area contributed by atoms with Gasteiger partial charge in [-0.3, -0.25) is 9.69 Å². The molecule has 0 radical (unpaired) electrons. The molecule has 1 amide bonds. The second-order valence-electron chi connectivity index (χ2n) is 4.98. The lowest BCUT2D eigenvalue weighted by molar-refractivity contribution is -0.117. The highest BCUT2D eigenvalue weighted by Crippen LogP contribution is 2.24. The number of nitrogen functional groups attached to an aromatic ring is 1. The van der Waals surface area contributed by atoms with Gasteiger partial charge in [-0.1, -0.05) is 12.8 Å². The van der Waals surface area contributed by atoms with E-state index in [0.717, 1.165) is 23.2 Å². The van der Waals surface area contributed by atoms with Crippen molar-refractivity contribution >= 4 is 33.2 Å². The Hall–Kier alpha value is -1.07. The van der Waals surface area contributed by atoms with Crippen LogP contribution in [0.2, 0.25) is 0 Å². The number of nitrogens with two attached hydrogens (primary N) is 1. The van der Waals surface area contributed by atoms with Gasteiger partial charge >= 0.3 is 0 Å². The van der Waals surface area contributed by atoms with E-state index in [0.29, 0.717) is 12.2 Å². The number of carbonyl (C=O) groups is 1. The minimum atomic E-state index is 0.0346. The Kier molecular flexibility index (Phi) is 5.22. The second-order valence-corrected chi connectivity index (χ2v) is 5.83. The summed E-state index contributed by atoms with van der Waals surface area (Å²) in [6, 6.07) is 5.40. The van der Waals surface area contributed by atoms with Gasteiger partial charge < -0.3 is 11.1 Å². The number of halogens is 1. The highest BCUT2D eigenvalue weighted by Gasteiger charge is 2.13. The Balaban J connectivity index is 1.89. The Labute approximate surface area is 122 Å². The van der Waals surface area contributed by atoms with Crippen molar-refractivity contribution in [3.63, 3.8) is 0 Å². The number of benzene rings is 1. The predicted octanol–water partition coefficient (Wildman–Crippen LogP) is 2.85. The van der Waals surface area contributed by atoms with Crippen LogP contribution < -0.4 is 11.1 Å². The molecule has 1 aromatic rings. The van der Waals surface area contributed by atoms with E-state index >= 15 is 0 Å². The molecule has 1 aliphatic heterocycles. The van der Waals surface area contributed by atoms with E-state index in [4.69, 9.17) is 5.73 Å². The largest absolute Gasteiger partial charge is 0.399 e. The van der Waals surface area contributed by atoms with E-state index in [2.05, 4.69) is 26.1 Å². The summed E-state index contributed by atoms with van der Waals surface area (Å²) >= 11 is 3.40. The van der Waals surface area contributed by atoms with Gasteiger partial charge in [0.1, 0.15) is 0 Å². The number of rotatable bonds is 3. The van der Waals surface area contributed by atoms with Gasteiger partial charge in [0.05, 0.1) is 12.2 Å². The molecule has 0 spiro atoms. The average molecular weight is 326 g/mol. The van der Waals surface area contributed by atoms with Gasteiger partial charge in [0.2, 0.25) is 5.91 Å². The monoisotopic (exact) mass is 325 g/mol. The molecule has 0 saturated carbocycles. The fraction of sp³-hybridized carbons (Fsp3) is 0.500.